The highest BCUT2D eigenvalue weighted by Crippen LogP contribution is 2.43. The van der Waals surface area contributed by atoms with E-state index in [9.17, 15) is 24.2 Å². The van der Waals surface area contributed by atoms with Gasteiger partial charge in [0.1, 0.15) is 12.7 Å². The minimum absolute atomic E-state index is 0.185. The average Bonchev–Trinajstić information content (AvgIpc) is 3.13. The molecule has 52 heavy (non-hydrogen) atoms. The lowest BCUT2D eigenvalue weighted by atomic mass is 10.0. The van der Waals surface area contributed by atoms with Crippen LogP contribution >= 0.6 is 7.82 Å². The summed E-state index contributed by atoms with van der Waals surface area (Å²) in [4.78, 5) is 34.9. The van der Waals surface area contributed by atoms with Crippen molar-refractivity contribution in [2.24, 2.45) is 0 Å². The summed E-state index contributed by atoms with van der Waals surface area (Å²) in [6, 6.07) is 0. The van der Waals surface area contributed by atoms with Crippen LogP contribution in [0.15, 0.2) is 24.3 Å². The second-order valence-electron chi connectivity index (χ2n) is 14.0. The van der Waals surface area contributed by atoms with Crippen molar-refractivity contribution >= 4 is 19.8 Å². The highest BCUT2D eigenvalue weighted by atomic mass is 31.2. The molecule has 0 aromatic heterocycles. The van der Waals surface area contributed by atoms with E-state index in [-0.39, 0.29) is 19.4 Å². The lowest BCUT2D eigenvalue weighted by molar-refractivity contribution is -0.161. The molecule has 0 aromatic rings. The van der Waals surface area contributed by atoms with Crippen molar-refractivity contribution < 1.29 is 47.8 Å². The third-order valence-electron chi connectivity index (χ3n) is 8.86. The number of phosphoric acid groups is 1. The lowest BCUT2D eigenvalue weighted by Gasteiger charge is -2.20. The molecular weight excluding hydrogens is 683 g/mol. The fourth-order valence-corrected chi connectivity index (χ4v) is 6.40. The van der Waals surface area contributed by atoms with Crippen LogP contribution in [0.2, 0.25) is 0 Å². The summed E-state index contributed by atoms with van der Waals surface area (Å²) >= 11 is 0. The van der Waals surface area contributed by atoms with Gasteiger partial charge in [0.25, 0.3) is 0 Å². The van der Waals surface area contributed by atoms with Crippen molar-refractivity contribution in [2.75, 3.05) is 26.4 Å². The van der Waals surface area contributed by atoms with Crippen molar-refractivity contribution in [1.82, 2.24) is 0 Å². The number of allylic oxidation sites excluding steroid dienone is 4. The number of aliphatic hydroxyl groups excluding tert-OH is 2. The summed E-state index contributed by atoms with van der Waals surface area (Å²) in [6.45, 7) is 2.34. The summed E-state index contributed by atoms with van der Waals surface area (Å²) in [5, 5.41) is 18.3. The van der Waals surface area contributed by atoms with Gasteiger partial charge in [-0.15, -0.1) is 0 Å². The summed E-state index contributed by atoms with van der Waals surface area (Å²) in [7, 11) is -4.61. The monoisotopic (exact) mass is 761 g/mol. The van der Waals surface area contributed by atoms with E-state index < -0.39 is 51.8 Å². The Balaban J connectivity index is 4.33. The zero-order chi connectivity index (χ0) is 38.4. The predicted molar refractivity (Wildman–Crippen MR) is 210 cm³/mol. The predicted octanol–water partition coefficient (Wildman–Crippen LogP) is 10.6. The van der Waals surface area contributed by atoms with E-state index in [1.165, 1.54) is 89.9 Å². The Kier molecular flexibility index (Phi) is 36.6. The first-order valence-electron chi connectivity index (χ1n) is 20.8. The summed E-state index contributed by atoms with van der Waals surface area (Å²) in [5.41, 5.74) is 0. The van der Waals surface area contributed by atoms with Crippen LogP contribution in [0.5, 0.6) is 0 Å². The number of phosphoric ester groups is 1. The highest BCUT2D eigenvalue weighted by Gasteiger charge is 2.27. The van der Waals surface area contributed by atoms with Gasteiger partial charge in [-0.1, -0.05) is 154 Å². The number of carbonyl (C=O) groups excluding carboxylic acids is 2. The lowest BCUT2D eigenvalue weighted by Crippen LogP contribution is -2.29. The molecule has 3 atom stereocenters. The molecule has 306 valence electrons. The van der Waals surface area contributed by atoms with E-state index in [0.717, 1.165) is 57.8 Å². The summed E-state index contributed by atoms with van der Waals surface area (Å²) < 4.78 is 32.6. The number of hydrogen-bond donors (Lipinski definition) is 3. The van der Waals surface area contributed by atoms with Gasteiger partial charge in [-0.3, -0.25) is 18.6 Å². The molecule has 0 rings (SSSR count). The summed E-state index contributed by atoms with van der Waals surface area (Å²) in [6.07, 6.45) is 35.7. The Labute approximate surface area is 317 Å². The molecule has 0 saturated heterocycles. The number of aliphatic hydroxyl groups is 2. The molecule has 0 amide bonds. The average molecular weight is 761 g/mol. The molecule has 0 bridgehead atoms. The first-order valence-corrected chi connectivity index (χ1v) is 22.3. The molecule has 11 heteroatoms. The zero-order valence-corrected chi connectivity index (χ0v) is 33.9. The standard InChI is InChI=1S/C41H77O10P/c1-3-5-7-9-11-13-15-17-19-21-22-24-26-28-30-32-40(44)48-36-39(37-50-52(46,47)49-35-38(43)34-42)51-41(45)33-31-29-27-25-23-20-18-16-14-12-10-8-6-4-2/h11,13,17,19,38-39,42-43H,3-10,12,14-16,18,20-37H2,1-2H3,(H,46,47)/b13-11-,19-17-/t38-,39+/m0/s1. The largest absolute Gasteiger partial charge is 0.472 e. The van der Waals surface area contributed by atoms with Gasteiger partial charge in [0, 0.05) is 12.8 Å². The van der Waals surface area contributed by atoms with Crippen molar-refractivity contribution in [3.05, 3.63) is 24.3 Å². The highest BCUT2D eigenvalue weighted by molar-refractivity contribution is 7.47. The maximum atomic E-state index is 12.6. The number of esters is 2. The second kappa shape index (κ2) is 37.8. The smallest absolute Gasteiger partial charge is 0.462 e. The van der Waals surface area contributed by atoms with Gasteiger partial charge in [0.2, 0.25) is 0 Å². The zero-order valence-electron chi connectivity index (χ0n) is 33.0. The molecule has 0 radical (unpaired) electrons. The molecule has 0 aliphatic rings. The van der Waals surface area contributed by atoms with Gasteiger partial charge in [-0.25, -0.2) is 4.57 Å². The molecule has 0 saturated carbocycles. The first-order chi connectivity index (χ1) is 25.2. The van der Waals surface area contributed by atoms with Crippen LogP contribution < -0.4 is 0 Å². The Morgan fingerprint density at radius 3 is 1.52 bits per heavy atom. The van der Waals surface area contributed by atoms with Gasteiger partial charge in [-0.05, 0) is 44.9 Å². The van der Waals surface area contributed by atoms with E-state index in [1.54, 1.807) is 0 Å². The van der Waals surface area contributed by atoms with Crippen molar-refractivity contribution in [3.63, 3.8) is 0 Å². The van der Waals surface area contributed by atoms with Crippen LogP contribution in [0.3, 0.4) is 0 Å². The molecule has 0 aromatic carbocycles. The SMILES string of the molecule is CCCCC/C=C\C/C=C\CCCCCCCC(=O)OC[C@H](COP(=O)(O)OC[C@@H](O)CO)OC(=O)CCCCCCCCCCCCCCCC. The number of hydrogen-bond acceptors (Lipinski definition) is 9. The third-order valence-corrected chi connectivity index (χ3v) is 9.81. The van der Waals surface area contributed by atoms with E-state index in [2.05, 4.69) is 42.7 Å². The topological polar surface area (TPSA) is 149 Å². The van der Waals surface area contributed by atoms with Crippen molar-refractivity contribution in [1.29, 1.82) is 0 Å². The number of ether oxygens (including phenoxy) is 2. The molecule has 10 nitrogen and oxygen atoms in total. The van der Waals surface area contributed by atoms with Crippen molar-refractivity contribution in [2.45, 2.75) is 199 Å². The van der Waals surface area contributed by atoms with Gasteiger partial charge < -0.3 is 24.6 Å². The van der Waals surface area contributed by atoms with Crippen LogP contribution in [-0.4, -0.2) is 65.7 Å². The molecule has 0 heterocycles. The van der Waals surface area contributed by atoms with Crippen LogP contribution in [0.1, 0.15) is 187 Å². The quantitative estimate of drug-likeness (QED) is 0.0239. The van der Waals surface area contributed by atoms with Crippen molar-refractivity contribution in [3.8, 4) is 0 Å². The molecule has 3 N–H and O–H groups in total. The Morgan fingerprint density at radius 2 is 1.00 bits per heavy atom. The van der Waals surface area contributed by atoms with Gasteiger partial charge in [0.15, 0.2) is 6.10 Å². The van der Waals surface area contributed by atoms with Crippen LogP contribution in [0.25, 0.3) is 0 Å². The van der Waals surface area contributed by atoms with E-state index in [0.29, 0.717) is 12.8 Å². The molecule has 0 spiro atoms. The fraction of sp³-hybridized carbons (Fsp3) is 0.854. The maximum Gasteiger partial charge on any atom is 0.472 e. The normalized spacial score (nSPS) is 14.2. The molecule has 0 aliphatic carbocycles. The Morgan fingerprint density at radius 1 is 0.577 bits per heavy atom. The minimum Gasteiger partial charge on any atom is -0.462 e. The van der Waals surface area contributed by atoms with Gasteiger partial charge in [0.05, 0.1) is 19.8 Å². The van der Waals surface area contributed by atoms with Crippen LogP contribution in [0.4, 0.5) is 0 Å². The minimum atomic E-state index is -4.61. The molecule has 1 unspecified atom stereocenters. The van der Waals surface area contributed by atoms with E-state index >= 15 is 0 Å². The first kappa shape index (κ1) is 50.5. The number of carbonyl (C=O) groups is 2. The number of rotatable bonds is 39. The van der Waals surface area contributed by atoms with Gasteiger partial charge in [-0.2, -0.15) is 0 Å². The van der Waals surface area contributed by atoms with Crippen LogP contribution in [0, 0.1) is 0 Å². The van der Waals surface area contributed by atoms with E-state index in [1.807, 2.05) is 0 Å². The summed E-state index contributed by atoms with van der Waals surface area (Å²) in [5.74, 6) is -0.935. The van der Waals surface area contributed by atoms with E-state index in [4.69, 9.17) is 19.1 Å². The Hall–Kier alpha value is -1.55. The Bertz CT molecular complexity index is 925. The molecular formula is C41H77O10P. The van der Waals surface area contributed by atoms with Crippen LogP contribution in [-0.2, 0) is 32.7 Å². The maximum absolute atomic E-state index is 12.6. The molecule has 0 aliphatic heterocycles. The fourth-order valence-electron chi connectivity index (χ4n) is 5.61. The third kappa shape index (κ3) is 36.8. The number of unbranched alkanes of at least 4 members (excludes halogenated alkanes) is 21. The molecule has 0 fully saturated rings. The van der Waals surface area contributed by atoms with Gasteiger partial charge >= 0.3 is 19.8 Å². The second-order valence-corrected chi connectivity index (χ2v) is 15.5.